The number of H-pyrrole nitrogens is 4. The van der Waals surface area contributed by atoms with Gasteiger partial charge in [0, 0.05) is 45.7 Å². The molecule has 0 radical (unpaired) electrons. The van der Waals surface area contributed by atoms with Gasteiger partial charge < -0.3 is 19.4 Å². The molecule has 1 unspecified atom stereocenters. The molecule has 4 heterocycles. The van der Waals surface area contributed by atoms with Gasteiger partial charge in [0.05, 0.1) is 31.5 Å². The number of nitrogens with one attached hydrogen (secondary N) is 4. The van der Waals surface area contributed by atoms with Crippen LogP contribution in [0.4, 0.5) is 0 Å². The minimum absolute atomic E-state index is 0.114. The van der Waals surface area contributed by atoms with Crippen LogP contribution in [0.3, 0.4) is 0 Å². The normalized spacial score (nSPS) is 11.1. The van der Waals surface area contributed by atoms with Gasteiger partial charge in [0.25, 0.3) is 11.1 Å². The molecule has 10 rings (SSSR count). The molecule has 1 atom stereocenters. The summed E-state index contributed by atoms with van der Waals surface area (Å²) in [4.78, 5) is 68.4. The summed E-state index contributed by atoms with van der Waals surface area (Å²) < 4.78 is 13.5. The molecule has 73 heavy (non-hydrogen) atoms. The summed E-state index contributed by atoms with van der Waals surface area (Å²) in [6.45, 7) is 3.71. The maximum atomic E-state index is 12.2. The minimum Gasteiger partial charge on any atom is -0.454 e. The summed E-state index contributed by atoms with van der Waals surface area (Å²) in [5, 5.41) is 27.9. The Morgan fingerprint density at radius 1 is 0.616 bits per heavy atom. The fraction of sp³-hybridized carbons (Fsp3) is 0.0577. The quantitative estimate of drug-likeness (QED) is 0.0989. The Balaban J connectivity index is 0.000000170. The number of benzene rings is 6. The van der Waals surface area contributed by atoms with Crippen LogP contribution in [-0.4, -0.2) is 45.3 Å². The molecule has 0 aliphatic rings. The maximum Gasteiger partial charge on any atom is 0.349 e. The number of hydrogen-bond acceptors (Lipinski definition) is 11. The Bertz CT molecular complexity index is 4010. The lowest BCUT2D eigenvalue weighted by Crippen LogP contribution is -2.33. The average Bonchev–Trinajstić information content (AvgIpc) is 4.04. The van der Waals surface area contributed by atoms with E-state index in [1.807, 2.05) is 101 Å². The van der Waals surface area contributed by atoms with E-state index >= 15 is 0 Å². The lowest BCUT2D eigenvalue weighted by molar-refractivity contribution is 0.101. The second-order valence-corrected chi connectivity index (χ2v) is 17.3. The lowest BCUT2D eigenvalue weighted by atomic mass is 9.93. The molecule has 10 aromatic rings. The number of fused-ring (bicyclic) bond motifs is 2. The van der Waals surface area contributed by atoms with Crippen molar-refractivity contribution in [2.24, 2.45) is 0 Å². The van der Waals surface area contributed by atoms with E-state index in [4.69, 9.17) is 66.4 Å². The summed E-state index contributed by atoms with van der Waals surface area (Å²) in [6, 6.07) is 41.2. The number of ketones is 1. The van der Waals surface area contributed by atoms with E-state index in [0.717, 1.165) is 42.3 Å². The molecule has 0 saturated heterocycles. The van der Waals surface area contributed by atoms with Crippen molar-refractivity contribution in [3.05, 3.63) is 230 Å². The van der Waals surface area contributed by atoms with Crippen LogP contribution < -0.4 is 32.0 Å². The molecule has 17 nitrogen and oxygen atoms in total. The number of ether oxygens (including phenoxy) is 2. The highest BCUT2D eigenvalue weighted by Gasteiger charge is 2.19. The third-order valence-electron chi connectivity index (χ3n) is 10.9. The van der Waals surface area contributed by atoms with Crippen LogP contribution in [0.2, 0.25) is 20.1 Å². The van der Waals surface area contributed by atoms with Crippen LogP contribution in [-0.2, 0) is 0 Å². The summed E-state index contributed by atoms with van der Waals surface area (Å²) in [5.74, 6) is 1.70. The third kappa shape index (κ3) is 11.3. The van der Waals surface area contributed by atoms with Gasteiger partial charge in [-0.05, 0) is 84.8 Å². The fourth-order valence-corrected chi connectivity index (χ4v) is 8.40. The molecular weight excluding hydrogens is 1020 g/mol. The minimum atomic E-state index is -0.878. The van der Waals surface area contributed by atoms with Gasteiger partial charge in [0.1, 0.15) is 23.6 Å². The molecule has 0 spiro atoms. The van der Waals surface area contributed by atoms with Gasteiger partial charge in [-0.2, -0.15) is 19.9 Å². The van der Waals surface area contributed by atoms with Crippen molar-refractivity contribution >= 4 is 74.0 Å². The van der Waals surface area contributed by atoms with Crippen molar-refractivity contribution in [1.29, 1.82) is 10.5 Å². The van der Waals surface area contributed by atoms with Crippen molar-refractivity contribution < 1.29 is 14.3 Å². The van der Waals surface area contributed by atoms with Gasteiger partial charge in [0.2, 0.25) is 11.4 Å². The fourth-order valence-electron chi connectivity index (χ4n) is 7.30. The number of carbonyl (C=O) groups is 1. The number of Topliss-reactive ketones (excluding diaryl/α,β-unsaturated/α-hetero) is 1. The van der Waals surface area contributed by atoms with Crippen LogP contribution in [0, 0.1) is 22.7 Å². The topological polar surface area (TPSA) is 250 Å². The van der Waals surface area contributed by atoms with Gasteiger partial charge in [-0.15, -0.1) is 10.2 Å². The first kappa shape index (κ1) is 50.4. The Morgan fingerprint density at radius 2 is 1.10 bits per heavy atom. The van der Waals surface area contributed by atoms with Crippen molar-refractivity contribution in [2.45, 2.75) is 19.8 Å². The lowest BCUT2D eigenvalue weighted by Gasteiger charge is -2.14. The van der Waals surface area contributed by atoms with Crippen LogP contribution in [0.5, 0.6) is 23.0 Å². The first-order valence-electron chi connectivity index (χ1n) is 21.5. The van der Waals surface area contributed by atoms with E-state index in [2.05, 4.69) is 39.2 Å². The zero-order valence-electron chi connectivity index (χ0n) is 37.9. The van der Waals surface area contributed by atoms with E-state index in [1.165, 1.54) is 29.8 Å². The zero-order valence-corrected chi connectivity index (χ0v) is 40.9. The highest BCUT2D eigenvalue weighted by atomic mass is 35.5. The van der Waals surface area contributed by atoms with Gasteiger partial charge in [-0.1, -0.05) is 114 Å². The Kier molecular flexibility index (Phi) is 15.2. The number of nitrogens with zero attached hydrogens (tertiary/aromatic N) is 6. The number of nitriles is 2. The standard InChI is InChI=1S/C26H17Cl2N5O3.C18H9Cl2N5O3.C8H8O/c1-14(15-5-3-2-4-6-15)19-13-30-22-8-7-17(11-18(19)22)36-24-20(27)9-16(10-21(24)28)33-26(35)31-25(34)23(12-29)32-33;19-12-6-10(25-18(27)23-17(26)15(8-21)24-25)7-13(20)16(12)28-11-1-2-14-9(5-11)3-4-22-14;1-7(9)8-5-3-2-4-6-8/h2-11,13-14,30H,1H3,(H,31,34,35);1-7,22H,(H,23,26,27);2-6H,1H3. The number of carbonyl (C=O) groups excluding carboxylic acids is 1. The molecule has 0 fully saturated rings. The van der Waals surface area contributed by atoms with E-state index in [-0.39, 0.29) is 54.7 Å². The molecule has 0 amide bonds. The zero-order chi connectivity index (χ0) is 51.9. The predicted molar refractivity (Wildman–Crippen MR) is 278 cm³/mol. The molecule has 362 valence electrons. The van der Waals surface area contributed by atoms with Gasteiger partial charge >= 0.3 is 11.4 Å². The number of rotatable bonds is 9. The smallest absolute Gasteiger partial charge is 0.349 e. The molecule has 0 aliphatic heterocycles. The summed E-state index contributed by atoms with van der Waals surface area (Å²) in [5.41, 5.74) is 0.978. The van der Waals surface area contributed by atoms with Gasteiger partial charge in [-0.25, -0.2) is 9.59 Å². The predicted octanol–water partition coefficient (Wildman–Crippen LogP) is 10.8. The van der Waals surface area contributed by atoms with Crippen molar-refractivity contribution in [2.75, 3.05) is 0 Å². The molecule has 21 heteroatoms. The first-order chi connectivity index (χ1) is 35.1. The van der Waals surface area contributed by atoms with Crippen molar-refractivity contribution in [3.8, 4) is 46.5 Å². The summed E-state index contributed by atoms with van der Waals surface area (Å²) in [6.07, 6.45) is 3.80. The average molecular weight is 1050 g/mol. The Labute approximate surface area is 432 Å². The molecule has 6 aromatic carbocycles. The highest BCUT2D eigenvalue weighted by Crippen LogP contribution is 2.41. The van der Waals surface area contributed by atoms with Gasteiger partial charge in [-0.3, -0.25) is 24.4 Å². The molecule has 0 aliphatic carbocycles. The highest BCUT2D eigenvalue weighted by molar-refractivity contribution is 6.38. The summed E-state index contributed by atoms with van der Waals surface area (Å²) >= 11 is 25.5. The van der Waals surface area contributed by atoms with Crippen molar-refractivity contribution in [1.82, 2.24) is 39.5 Å². The van der Waals surface area contributed by atoms with Crippen LogP contribution in [0.25, 0.3) is 33.2 Å². The molecule has 4 N–H and O–H groups in total. The maximum absolute atomic E-state index is 12.2. The van der Waals surface area contributed by atoms with E-state index in [0.29, 0.717) is 11.5 Å². The number of aromatic nitrogens is 8. The number of hydrogen-bond donors (Lipinski definition) is 4. The number of aromatic amines is 4. The first-order valence-corrected chi connectivity index (χ1v) is 23.0. The second kappa shape index (κ2) is 22.0. The number of halogens is 4. The van der Waals surface area contributed by atoms with E-state index in [1.54, 1.807) is 31.2 Å². The molecule has 0 saturated carbocycles. The Hall–Kier alpha value is -8.97. The van der Waals surface area contributed by atoms with Gasteiger partial charge in [0.15, 0.2) is 17.3 Å². The second-order valence-electron chi connectivity index (χ2n) is 15.7. The van der Waals surface area contributed by atoms with E-state index in [9.17, 15) is 24.0 Å². The molecule has 0 bridgehead atoms. The largest absolute Gasteiger partial charge is 0.454 e. The van der Waals surface area contributed by atoms with Crippen LogP contribution in [0.1, 0.15) is 52.6 Å². The third-order valence-corrected chi connectivity index (χ3v) is 12.0. The van der Waals surface area contributed by atoms with Crippen LogP contribution in [0.15, 0.2) is 159 Å². The molecule has 4 aromatic heterocycles. The van der Waals surface area contributed by atoms with Crippen LogP contribution >= 0.6 is 46.4 Å². The molecular formula is C52H34Cl4N10O7. The Morgan fingerprint density at radius 3 is 1.58 bits per heavy atom. The summed E-state index contributed by atoms with van der Waals surface area (Å²) in [7, 11) is 0. The van der Waals surface area contributed by atoms with E-state index < -0.39 is 33.9 Å². The monoisotopic (exact) mass is 1050 g/mol. The SMILES string of the molecule is CC(=O)c1ccccc1.CC(c1ccccc1)c1c[nH]c2ccc(Oc3c(Cl)cc(-n4nc(C#N)c(=O)[nH]c4=O)cc3Cl)cc12.N#Cc1nn(-c2cc(Cl)c(Oc3ccc4[nH]ccc4c3)c(Cl)c2)c(=O)[nH]c1=O. The van der Waals surface area contributed by atoms with Crippen molar-refractivity contribution in [3.63, 3.8) is 0 Å².